The molecule has 0 saturated carbocycles. The van der Waals surface area contributed by atoms with Crippen LogP contribution < -0.4 is 0 Å². The van der Waals surface area contributed by atoms with E-state index in [1.165, 1.54) is 0 Å². The number of nitrogens with zero attached hydrogens (tertiary/aromatic N) is 1. The number of halogens is 4. The second kappa shape index (κ2) is 4.23. The van der Waals surface area contributed by atoms with Crippen LogP contribution in [0.2, 0.25) is 0 Å². The molecule has 0 atom stereocenters. The Labute approximate surface area is 97.0 Å². The van der Waals surface area contributed by atoms with Crippen molar-refractivity contribution in [3.63, 3.8) is 0 Å². The Bertz CT molecular complexity index is 451. The highest BCUT2D eigenvalue weighted by Gasteiger charge is 2.24. The molecule has 0 fully saturated rings. The third-order valence-corrected chi connectivity index (χ3v) is 3.95. The summed E-state index contributed by atoms with van der Waals surface area (Å²) in [5.74, 6) is 0. The van der Waals surface area contributed by atoms with E-state index >= 15 is 0 Å². The van der Waals surface area contributed by atoms with Gasteiger partial charge in [-0.2, -0.15) is 0 Å². The minimum atomic E-state index is -4.16. The lowest BCUT2D eigenvalue weighted by Crippen LogP contribution is -2.02. The topological polar surface area (TPSA) is 47.0 Å². The van der Waals surface area contributed by atoms with Crippen LogP contribution in [0.1, 0.15) is 12.0 Å². The van der Waals surface area contributed by atoms with Crippen molar-refractivity contribution in [1.29, 1.82) is 0 Å². The number of pyridine rings is 1. The number of alkyl halides is 2. The van der Waals surface area contributed by atoms with E-state index in [1.807, 2.05) is 0 Å². The minimum Gasteiger partial charge on any atom is -0.263 e. The standard InChI is InChI=1S/C6H3ClF2INO2S/c7-14(12,13)5-3(6(8)9)1-11-2-4(5)10/h1-2,6H. The Hall–Kier alpha value is -0.0200. The van der Waals surface area contributed by atoms with E-state index in [-0.39, 0.29) is 3.57 Å². The van der Waals surface area contributed by atoms with Crippen molar-refractivity contribution in [3.8, 4) is 0 Å². The molecule has 0 radical (unpaired) electrons. The van der Waals surface area contributed by atoms with E-state index in [9.17, 15) is 17.2 Å². The molecule has 0 aliphatic heterocycles. The molecule has 0 unspecified atom stereocenters. The van der Waals surface area contributed by atoms with Gasteiger partial charge < -0.3 is 0 Å². The summed E-state index contributed by atoms with van der Waals surface area (Å²) in [5.41, 5.74) is -0.674. The van der Waals surface area contributed by atoms with Crippen LogP contribution in [-0.2, 0) is 9.05 Å². The van der Waals surface area contributed by atoms with Crippen LogP contribution in [0, 0.1) is 3.57 Å². The van der Waals surface area contributed by atoms with Gasteiger partial charge in [-0.15, -0.1) is 0 Å². The molecule has 1 rings (SSSR count). The van der Waals surface area contributed by atoms with Gasteiger partial charge in [0.25, 0.3) is 15.5 Å². The van der Waals surface area contributed by atoms with Crippen LogP contribution in [0.4, 0.5) is 8.78 Å². The van der Waals surface area contributed by atoms with Crippen molar-refractivity contribution in [2.75, 3.05) is 0 Å². The fourth-order valence-electron chi connectivity index (χ4n) is 0.851. The highest BCUT2D eigenvalue weighted by molar-refractivity contribution is 14.1. The first kappa shape index (κ1) is 12.1. The van der Waals surface area contributed by atoms with E-state index in [2.05, 4.69) is 4.98 Å². The first-order chi connectivity index (χ1) is 6.34. The lowest BCUT2D eigenvalue weighted by molar-refractivity contribution is 0.147. The van der Waals surface area contributed by atoms with Gasteiger partial charge in [-0.3, -0.25) is 4.98 Å². The van der Waals surface area contributed by atoms with Crippen LogP contribution in [0.15, 0.2) is 17.3 Å². The van der Waals surface area contributed by atoms with Crippen LogP contribution >= 0.6 is 33.3 Å². The number of hydrogen-bond donors (Lipinski definition) is 0. The molecular weight excluding hydrogens is 350 g/mol. The molecule has 3 nitrogen and oxygen atoms in total. The Morgan fingerprint density at radius 3 is 2.36 bits per heavy atom. The minimum absolute atomic E-state index is 0.0791. The van der Waals surface area contributed by atoms with E-state index in [4.69, 9.17) is 10.7 Å². The molecule has 0 saturated heterocycles. The molecule has 0 aromatic carbocycles. The number of aromatic nitrogens is 1. The molecule has 1 aromatic heterocycles. The summed E-state index contributed by atoms with van der Waals surface area (Å²) in [6.07, 6.45) is -0.968. The zero-order chi connectivity index (χ0) is 10.9. The quantitative estimate of drug-likeness (QED) is 0.606. The maximum atomic E-state index is 12.4. The zero-order valence-electron chi connectivity index (χ0n) is 6.42. The van der Waals surface area contributed by atoms with Crippen molar-refractivity contribution in [1.82, 2.24) is 4.98 Å². The zero-order valence-corrected chi connectivity index (χ0v) is 10.1. The van der Waals surface area contributed by atoms with Crippen molar-refractivity contribution >= 4 is 42.3 Å². The van der Waals surface area contributed by atoms with Gasteiger partial charge in [0.1, 0.15) is 4.90 Å². The molecule has 0 spiro atoms. The third-order valence-electron chi connectivity index (χ3n) is 1.36. The summed E-state index contributed by atoms with van der Waals surface area (Å²) < 4.78 is 46.8. The van der Waals surface area contributed by atoms with E-state index in [0.29, 0.717) is 0 Å². The van der Waals surface area contributed by atoms with Crippen molar-refractivity contribution in [2.24, 2.45) is 0 Å². The SMILES string of the molecule is O=S(=O)(Cl)c1c(I)cncc1C(F)F. The van der Waals surface area contributed by atoms with Gasteiger partial charge in [-0.05, 0) is 22.6 Å². The van der Waals surface area contributed by atoms with E-state index in [1.54, 1.807) is 22.6 Å². The maximum Gasteiger partial charge on any atom is 0.266 e. The van der Waals surface area contributed by atoms with Gasteiger partial charge in [0.05, 0.1) is 9.13 Å². The van der Waals surface area contributed by atoms with Crippen LogP contribution in [0.3, 0.4) is 0 Å². The summed E-state index contributed by atoms with van der Waals surface area (Å²) >= 11 is 1.59. The van der Waals surface area contributed by atoms with Crippen LogP contribution in [0.25, 0.3) is 0 Å². The summed E-state index contributed by atoms with van der Waals surface area (Å²) in [7, 11) is 0.855. The predicted molar refractivity (Wildman–Crippen MR) is 54.9 cm³/mol. The second-order valence-corrected chi connectivity index (χ2v) is 5.94. The molecular formula is C6H3ClF2INO2S. The first-order valence-electron chi connectivity index (χ1n) is 3.20. The first-order valence-corrected chi connectivity index (χ1v) is 6.59. The van der Waals surface area contributed by atoms with Gasteiger partial charge in [-0.1, -0.05) is 0 Å². The number of rotatable bonds is 2. The molecule has 0 bridgehead atoms. The molecule has 1 heterocycles. The average Bonchev–Trinajstić information content (AvgIpc) is 2.01. The number of hydrogen-bond acceptors (Lipinski definition) is 3. The molecule has 0 N–H and O–H groups in total. The fourth-order valence-corrected chi connectivity index (χ4v) is 3.81. The Balaban J connectivity index is 3.54. The van der Waals surface area contributed by atoms with Crippen molar-refractivity contribution in [2.45, 2.75) is 11.3 Å². The smallest absolute Gasteiger partial charge is 0.263 e. The summed E-state index contributed by atoms with van der Waals surface area (Å²) in [6, 6.07) is 0. The molecule has 0 amide bonds. The maximum absolute atomic E-state index is 12.4. The molecule has 0 aliphatic rings. The molecule has 1 aromatic rings. The van der Waals surface area contributed by atoms with Gasteiger partial charge >= 0.3 is 0 Å². The summed E-state index contributed by atoms with van der Waals surface area (Å²) in [4.78, 5) is 2.90. The van der Waals surface area contributed by atoms with Crippen LogP contribution in [-0.4, -0.2) is 13.4 Å². The fraction of sp³-hybridized carbons (Fsp3) is 0.167. The largest absolute Gasteiger partial charge is 0.266 e. The van der Waals surface area contributed by atoms with Crippen molar-refractivity contribution < 1.29 is 17.2 Å². The van der Waals surface area contributed by atoms with Crippen molar-refractivity contribution in [3.05, 3.63) is 21.5 Å². The third kappa shape index (κ3) is 2.51. The second-order valence-electron chi connectivity index (χ2n) is 2.28. The molecule has 14 heavy (non-hydrogen) atoms. The highest BCUT2D eigenvalue weighted by atomic mass is 127. The summed E-state index contributed by atoms with van der Waals surface area (Å²) in [5, 5.41) is 0. The Kier molecular flexibility index (Phi) is 3.64. The molecule has 78 valence electrons. The van der Waals surface area contributed by atoms with Gasteiger partial charge in [0.2, 0.25) is 0 Å². The Morgan fingerprint density at radius 1 is 1.43 bits per heavy atom. The van der Waals surface area contributed by atoms with E-state index in [0.717, 1.165) is 12.4 Å². The summed E-state index contributed by atoms with van der Waals surface area (Å²) in [6.45, 7) is 0. The van der Waals surface area contributed by atoms with E-state index < -0.39 is 25.9 Å². The van der Waals surface area contributed by atoms with Gasteiger partial charge in [0, 0.05) is 23.1 Å². The molecule has 0 aliphatic carbocycles. The highest BCUT2D eigenvalue weighted by Crippen LogP contribution is 2.31. The monoisotopic (exact) mass is 353 g/mol. The molecule has 8 heteroatoms. The lowest BCUT2D eigenvalue weighted by atomic mass is 10.3. The normalized spacial score (nSPS) is 12.1. The predicted octanol–water partition coefficient (Wildman–Crippen LogP) is 2.55. The Morgan fingerprint density at radius 2 is 2.00 bits per heavy atom. The van der Waals surface area contributed by atoms with Gasteiger partial charge in [-0.25, -0.2) is 17.2 Å². The average molecular weight is 354 g/mol. The van der Waals surface area contributed by atoms with Crippen LogP contribution in [0.5, 0.6) is 0 Å². The van der Waals surface area contributed by atoms with Gasteiger partial charge in [0.15, 0.2) is 0 Å². The lowest BCUT2D eigenvalue weighted by Gasteiger charge is -2.06.